The van der Waals surface area contributed by atoms with Crippen molar-refractivity contribution in [2.24, 2.45) is 17.1 Å². The number of carbonyl (C=O) groups excluding carboxylic acids is 1. The summed E-state index contributed by atoms with van der Waals surface area (Å²) in [5, 5.41) is 0. The van der Waals surface area contributed by atoms with E-state index in [9.17, 15) is 4.79 Å². The monoisotopic (exact) mass is 316 g/mol. The van der Waals surface area contributed by atoms with Crippen LogP contribution >= 0.6 is 0 Å². The van der Waals surface area contributed by atoms with E-state index < -0.39 is 5.54 Å². The first-order valence-corrected chi connectivity index (χ1v) is 8.59. The molecule has 126 valence electrons. The average molecular weight is 316 g/mol. The lowest BCUT2D eigenvalue weighted by Crippen LogP contribution is -2.82. The van der Waals surface area contributed by atoms with Gasteiger partial charge in [-0.1, -0.05) is 44.2 Å². The lowest BCUT2D eigenvalue weighted by Gasteiger charge is -2.65. The Kier molecular flexibility index (Phi) is 4.23. The Hall–Kier alpha value is -1.39. The number of likely N-dealkylation sites (N-methyl/N-ethyl adjacent to an activating group) is 1. The molecule has 4 heteroatoms. The maximum absolute atomic E-state index is 13.1. The number of rotatable bonds is 4. The van der Waals surface area contributed by atoms with E-state index in [1.807, 2.05) is 25.2 Å². The number of fused-ring (bicyclic) bond motifs is 1. The molecule has 1 aliphatic heterocycles. The molecule has 2 N–H and O–H groups in total. The predicted molar refractivity (Wildman–Crippen MR) is 90.9 cm³/mol. The van der Waals surface area contributed by atoms with Crippen LogP contribution in [0.2, 0.25) is 0 Å². The van der Waals surface area contributed by atoms with Crippen LogP contribution in [-0.4, -0.2) is 42.6 Å². The highest BCUT2D eigenvalue weighted by atomic mass is 16.5. The fraction of sp³-hybridized carbons (Fsp3) is 0.632. The van der Waals surface area contributed by atoms with Crippen molar-refractivity contribution >= 4 is 5.91 Å². The number of hydrogen-bond donors (Lipinski definition) is 1. The maximum Gasteiger partial charge on any atom is 0.243 e. The second-order valence-electron chi connectivity index (χ2n) is 7.59. The number of benzene rings is 1. The Morgan fingerprint density at radius 1 is 1.35 bits per heavy atom. The van der Waals surface area contributed by atoms with Gasteiger partial charge < -0.3 is 15.4 Å². The molecule has 1 saturated heterocycles. The average Bonchev–Trinajstić information content (AvgIpc) is 2.59. The fourth-order valence-corrected chi connectivity index (χ4v) is 4.37. The number of ether oxygens (including phenoxy) is 1. The standard InChI is InChI=1S/C19H28N2O2/c1-18(2)16-15(10-7-13-23-16)19(18,20)17(22)21(3)12-11-14-8-5-4-6-9-14/h4-6,8-9,15-16H,7,10-13,20H2,1-3H3. The van der Waals surface area contributed by atoms with E-state index in [4.69, 9.17) is 10.5 Å². The summed E-state index contributed by atoms with van der Waals surface area (Å²) in [6, 6.07) is 10.2. The summed E-state index contributed by atoms with van der Waals surface area (Å²) in [6.45, 7) is 5.62. The third kappa shape index (κ3) is 2.48. The Morgan fingerprint density at radius 3 is 2.74 bits per heavy atom. The van der Waals surface area contributed by atoms with E-state index in [1.54, 1.807) is 4.90 Å². The van der Waals surface area contributed by atoms with Crippen LogP contribution in [-0.2, 0) is 16.0 Å². The largest absolute Gasteiger partial charge is 0.377 e. The molecule has 3 atom stereocenters. The van der Waals surface area contributed by atoms with Gasteiger partial charge in [0, 0.05) is 31.5 Å². The Labute approximate surface area is 139 Å². The third-order valence-corrected chi connectivity index (χ3v) is 5.96. The van der Waals surface area contributed by atoms with Gasteiger partial charge in [0.2, 0.25) is 5.91 Å². The van der Waals surface area contributed by atoms with Crippen LogP contribution in [0.4, 0.5) is 0 Å². The van der Waals surface area contributed by atoms with Crippen LogP contribution in [0.3, 0.4) is 0 Å². The second kappa shape index (κ2) is 5.91. The number of nitrogens with two attached hydrogens (primary N) is 1. The van der Waals surface area contributed by atoms with E-state index >= 15 is 0 Å². The first-order valence-electron chi connectivity index (χ1n) is 8.59. The number of hydrogen-bond acceptors (Lipinski definition) is 3. The molecule has 2 aliphatic rings. The van der Waals surface area contributed by atoms with Gasteiger partial charge >= 0.3 is 0 Å². The Morgan fingerprint density at radius 2 is 2.04 bits per heavy atom. The summed E-state index contributed by atoms with van der Waals surface area (Å²) >= 11 is 0. The Bertz CT molecular complexity index is 572. The number of carbonyl (C=O) groups is 1. The van der Waals surface area contributed by atoms with Crippen molar-refractivity contribution in [2.45, 2.75) is 44.8 Å². The first-order chi connectivity index (χ1) is 10.9. The minimum absolute atomic E-state index is 0.0604. The normalized spacial score (nSPS) is 31.8. The lowest BCUT2D eigenvalue weighted by atomic mass is 9.46. The van der Waals surface area contributed by atoms with E-state index in [0.29, 0.717) is 6.54 Å². The Balaban J connectivity index is 1.68. The molecule has 1 heterocycles. The van der Waals surface area contributed by atoms with Crippen LogP contribution in [0.25, 0.3) is 0 Å². The van der Waals surface area contributed by atoms with Gasteiger partial charge in [-0.25, -0.2) is 0 Å². The highest BCUT2D eigenvalue weighted by Gasteiger charge is 2.70. The molecule has 1 aromatic carbocycles. The van der Waals surface area contributed by atoms with E-state index in [1.165, 1.54) is 5.56 Å². The topological polar surface area (TPSA) is 55.6 Å². The van der Waals surface area contributed by atoms with Gasteiger partial charge in [-0.05, 0) is 24.8 Å². The van der Waals surface area contributed by atoms with E-state index in [-0.39, 0.29) is 23.3 Å². The highest BCUT2D eigenvalue weighted by Crippen LogP contribution is 2.57. The van der Waals surface area contributed by atoms with Crippen LogP contribution in [0, 0.1) is 11.3 Å². The third-order valence-electron chi connectivity index (χ3n) is 5.96. The summed E-state index contributed by atoms with van der Waals surface area (Å²) in [7, 11) is 1.87. The summed E-state index contributed by atoms with van der Waals surface area (Å²) in [4.78, 5) is 14.9. The van der Waals surface area contributed by atoms with Gasteiger partial charge in [0.05, 0.1) is 6.10 Å². The zero-order valence-corrected chi connectivity index (χ0v) is 14.4. The van der Waals surface area contributed by atoms with Crippen molar-refractivity contribution in [3.05, 3.63) is 35.9 Å². The molecule has 3 rings (SSSR count). The van der Waals surface area contributed by atoms with Crippen molar-refractivity contribution < 1.29 is 9.53 Å². The van der Waals surface area contributed by atoms with E-state index in [0.717, 1.165) is 25.9 Å². The smallest absolute Gasteiger partial charge is 0.243 e. The van der Waals surface area contributed by atoms with Crippen molar-refractivity contribution in [1.82, 2.24) is 4.90 Å². The van der Waals surface area contributed by atoms with Crippen molar-refractivity contribution in [1.29, 1.82) is 0 Å². The molecule has 0 aromatic heterocycles. The maximum atomic E-state index is 13.1. The predicted octanol–water partition coefficient (Wildman–Crippen LogP) is 2.22. The van der Waals surface area contributed by atoms with Gasteiger partial charge in [0.1, 0.15) is 5.54 Å². The van der Waals surface area contributed by atoms with Gasteiger partial charge in [-0.2, -0.15) is 0 Å². The van der Waals surface area contributed by atoms with E-state index in [2.05, 4.69) is 26.0 Å². The summed E-state index contributed by atoms with van der Waals surface area (Å²) < 4.78 is 5.90. The molecule has 1 amide bonds. The molecule has 1 aliphatic carbocycles. The first kappa shape index (κ1) is 16.5. The summed E-state index contributed by atoms with van der Waals surface area (Å²) in [5.41, 5.74) is 6.81. The molecule has 2 fully saturated rings. The molecule has 0 radical (unpaired) electrons. The zero-order valence-electron chi connectivity index (χ0n) is 14.4. The minimum atomic E-state index is -0.802. The highest BCUT2D eigenvalue weighted by molar-refractivity contribution is 5.89. The summed E-state index contributed by atoms with van der Waals surface area (Å²) in [5.74, 6) is 0.211. The van der Waals surface area contributed by atoms with Crippen molar-refractivity contribution in [2.75, 3.05) is 20.2 Å². The molecular weight excluding hydrogens is 288 g/mol. The lowest BCUT2D eigenvalue weighted by molar-refractivity contribution is -0.229. The minimum Gasteiger partial charge on any atom is -0.377 e. The molecule has 0 bridgehead atoms. The van der Waals surface area contributed by atoms with Crippen LogP contribution < -0.4 is 5.73 Å². The zero-order chi connectivity index (χ0) is 16.7. The van der Waals surface area contributed by atoms with Crippen LogP contribution in [0.1, 0.15) is 32.3 Å². The number of amides is 1. The molecule has 1 aromatic rings. The molecule has 1 saturated carbocycles. The quantitative estimate of drug-likeness (QED) is 0.926. The molecule has 23 heavy (non-hydrogen) atoms. The van der Waals surface area contributed by atoms with Gasteiger partial charge in [0.15, 0.2) is 0 Å². The summed E-state index contributed by atoms with van der Waals surface area (Å²) in [6.07, 6.45) is 2.96. The SMILES string of the molecule is CN(CCc1ccccc1)C(=O)C1(N)C2CCCOC2C1(C)C. The van der Waals surface area contributed by atoms with Crippen LogP contribution in [0.5, 0.6) is 0 Å². The van der Waals surface area contributed by atoms with Gasteiger partial charge in [-0.3, -0.25) is 4.79 Å². The van der Waals surface area contributed by atoms with Gasteiger partial charge in [-0.15, -0.1) is 0 Å². The molecule has 3 unspecified atom stereocenters. The van der Waals surface area contributed by atoms with Crippen molar-refractivity contribution in [3.63, 3.8) is 0 Å². The van der Waals surface area contributed by atoms with Gasteiger partial charge in [0.25, 0.3) is 0 Å². The molecule has 4 nitrogen and oxygen atoms in total. The van der Waals surface area contributed by atoms with Crippen molar-refractivity contribution in [3.8, 4) is 0 Å². The van der Waals surface area contributed by atoms with Crippen LogP contribution in [0.15, 0.2) is 30.3 Å². The molecule has 0 spiro atoms. The number of nitrogens with zero attached hydrogens (tertiary/aromatic N) is 1. The second-order valence-corrected chi connectivity index (χ2v) is 7.59. The fourth-order valence-electron chi connectivity index (χ4n) is 4.37. The molecular formula is C19H28N2O2.